The molecule has 1 rings (SSSR count). The normalized spacial score (nSPS) is 26.6. The summed E-state index contributed by atoms with van der Waals surface area (Å²) in [6, 6.07) is 0. The first-order valence-corrected chi connectivity index (χ1v) is 10.6. The number of aliphatic hydroxyl groups excluding tert-OH is 3. The van der Waals surface area contributed by atoms with E-state index in [2.05, 4.69) is 19.1 Å². The van der Waals surface area contributed by atoms with Gasteiger partial charge in [-0.05, 0) is 32.1 Å². The van der Waals surface area contributed by atoms with Gasteiger partial charge in [0.1, 0.15) is 24.4 Å². The molecule has 26 heavy (non-hydrogen) atoms. The molecule has 4 atom stereocenters. The van der Waals surface area contributed by atoms with Crippen LogP contribution < -0.4 is 0 Å². The number of allylic oxidation sites excluding steroid dienone is 2. The highest BCUT2D eigenvalue weighted by Crippen LogP contribution is 2.19. The molecule has 1 aliphatic heterocycles. The third kappa shape index (κ3) is 10.0. The Kier molecular flexibility index (Phi) is 14.1. The maximum Gasteiger partial charge on any atom is 0.114 e. The van der Waals surface area contributed by atoms with Gasteiger partial charge in [0.2, 0.25) is 0 Å². The molecule has 0 aliphatic carbocycles. The van der Waals surface area contributed by atoms with Crippen LogP contribution in [0.2, 0.25) is 0 Å². The predicted molar refractivity (Wildman–Crippen MR) is 104 cm³/mol. The average molecular weight is 373 g/mol. The molecule has 0 aromatic carbocycles. The van der Waals surface area contributed by atoms with Gasteiger partial charge in [-0.25, -0.2) is 0 Å². The summed E-state index contributed by atoms with van der Waals surface area (Å²) in [6.45, 7) is 2.59. The van der Waals surface area contributed by atoms with Crippen molar-refractivity contribution in [3.63, 3.8) is 0 Å². The lowest BCUT2D eigenvalue weighted by Crippen LogP contribution is -2.55. The van der Waals surface area contributed by atoms with E-state index >= 15 is 0 Å². The summed E-state index contributed by atoms with van der Waals surface area (Å²) < 4.78 is 11.0. The van der Waals surface area contributed by atoms with Crippen LogP contribution in [0.5, 0.6) is 0 Å². The van der Waals surface area contributed by atoms with Crippen molar-refractivity contribution < 1.29 is 24.8 Å². The molecule has 5 nitrogen and oxygen atoms in total. The number of hydrogen-bond donors (Lipinski definition) is 3. The van der Waals surface area contributed by atoms with Crippen LogP contribution >= 0.6 is 0 Å². The van der Waals surface area contributed by atoms with Crippen molar-refractivity contribution in [1.82, 2.24) is 0 Å². The highest BCUT2D eigenvalue weighted by molar-refractivity contribution is 4.87. The molecule has 0 aromatic rings. The Hall–Kier alpha value is -0.460. The van der Waals surface area contributed by atoms with Crippen molar-refractivity contribution in [2.45, 2.75) is 102 Å². The highest BCUT2D eigenvalue weighted by Gasteiger charge is 2.39. The lowest BCUT2D eigenvalue weighted by Gasteiger charge is -2.37. The minimum Gasteiger partial charge on any atom is -0.394 e. The molecule has 1 saturated heterocycles. The van der Waals surface area contributed by atoms with E-state index in [4.69, 9.17) is 9.47 Å². The molecule has 1 fully saturated rings. The molecule has 0 bridgehead atoms. The van der Waals surface area contributed by atoms with E-state index in [1.54, 1.807) is 0 Å². The van der Waals surface area contributed by atoms with Crippen LogP contribution in [-0.4, -0.2) is 59.6 Å². The smallest absolute Gasteiger partial charge is 0.114 e. The second-order valence-corrected chi connectivity index (χ2v) is 7.32. The Bertz CT molecular complexity index is 345. The van der Waals surface area contributed by atoms with Crippen molar-refractivity contribution in [3.8, 4) is 0 Å². The van der Waals surface area contributed by atoms with Crippen molar-refractivity contribution in [3.05, 3.63) is 12.2 Å². The van der Waals surface area contributed by atoms with Gasteiger partial charge in [-0.3, -0.25) is 0 Å². The predicted octanol–water partition coefficient (Wildman–Crippen LogP) is 3.35. The average Bonchev–Trinajstić information content (AvgIpc) is 2.65. The Morgan fingerprint density at radius 2 is 1.54 bits per heavy atom. The van der Waals surface area contributed by atoms with Crippen LogP contribution in [-0.2, 0) is 9.47 Å². The van der Waals surface area contributed by atoms with E-state index in [1.165, 1.54) is 44.9 Å². The summed E-state index contributed by atoms with van der Waals surface area (Å²) in [4.78, 5) is 0. The van der Waals surface area contributed by atoms with Crippen LogP contribution in [0.15, 0.2) is 12.2 Å². The van der Waals surface area contributed by atoms with E-state index in [9.17, 15) is 15.3 Å². The SMILES string of the molecule is CCCCCCCC/C=C/CCCCCO[C@@H]1[C@@H](O)[C@H](O)CO[C@H]1CO. The van der Waals surface area contributed by atoms with Gasteiger partial charge >= 0.3 is 0 Å². The zero-order valence-corrected chi connectivity index (χ0v) is 16.5. The molecule has 5 heteroatoms. The van der Waals surface area contributed by atoms with E-state index in [0.717, 1.165) is 25.7 Å². The third-order valence-electron chi connectivity index (χ3n) is 4.97. The fraction of sp³-hybridized carbons (Fsp3) is 0.905. The molecular formula is C21H40O5. The van der Waals surface area contributed by atoms with Gasteiger partial charge in [0, 0.05) is 6.61 Å². The van der Waals surface area contributed by atoms with Gasteiger partial charge in [-0.2, -0.15) is 0 Å². The number of aliphatic hydroxyl groups is 3. The molecule has 0 radical (unpaired) electrons. The first kappa shape index (κ1) is 23.6. The van der Waals surface area contributed by atoms with Crippen LogP contribution in [0, 0.1) is 0 Å². The monoisotopic (exact) mass is 372 g/mol. The molecule has 0 amide bonds. The molecular weight excluding hydrogens is 332 g/mol. The van der Waals surface area contributed by atoms with Crippen LogP contribution in [0.1, 0.15) is 77.6 Å². The molecule has 0 spiro atoms. The lowest BCUT2D eigenvalue weighted by atomic mass is 10.0. The van der Waals surface area contributed by atoms with E-state index in [0.29, 0.717) is 6.61 Å². The Morgan fingerprint density at radius 1 is 0.923 bits per heavy atom. The zero-order chi connectivity index (χ0) is 19.0. The van der Waals surface area contributed by atoms with Crippen LogP contribution in [0.4, 0.5) is 0 Å². The van der Waals surface area contributed by atoms with Crippen molar-refractivity contribution in [2.24, 2.45) is 0 Å². The maximum atomic E-state index is 9.97. The fourth-order valence-corrected chi connectivity index (χ4v) is 3.26. The minimum atomic E-state index is -0.995. The fourth-order valence-electron chi connectivity index (χ4n) is 3.26. The van der Waals surface area contributed by atoms with Gasteiger partial charge in [0.05, 0.1) is 13.2 Å². The second-order valence-electron chi connectivity index (χ2n) is 7.32. The zero-order valence-electron chi connectivity index (χ0n) is 16.5. The van der Waals surface area contributed by atoms with E-state index in [-0.39, 0.29) is 13.2 Å². The first-order chi connectivity index (χ1) is 12.7. The molecule has 1 heterocycles. The van der Waals surface area contributed by atoms with Crippen molar-refractivity contribution in [2.75, 3.05) is 19.8 Å². The summed E-state index contributed by atoms with van der Waals surface area (Å²) in [6.07, 6.45) is 14.9. The molecule has 0 saturated carbocycles. The molecule has 3 N–H and O–H groups in total. The minimum absolute atomic E-state index is 0.0390. The number of rotatable bonds is 15. The number of ether oxygens (including phenoxy) is 2. The summed E-state index contributed by atoms with van der Waals surface area (Å²) in [5.41, 5.74) is 0. The summed E-state index contributed by atoms with van der Waals surface area (Å²) in [5.74, 6) is 0. The summed E-state index contributed by atoms with van der Waals surface area (Å²) in [7, 11) is 0. The third-order valence-corrected chi connectivity index (χ3v) is 4.97. The van der Waals surface area contributed by atoms with Gasteiger partial charge in [0.25, 0.3) is 0 Å². The van der Waals surface area contributed by atoms with Gasteiger partial charge in [-0.15, -0.1) is 0 Å². The molecule has 154 valence electrons. The molecule has 0 aromatic heterocycles. The van der Waals surface area contributed by atoms with E-state index in [1.807, 2.05) is 0 Å². The summed E-state index contributed by atoms with van der Waals surface area (Å²) in [5, 5.41) is 28.9. The maximum absolute atomic E-state index is 9.97. The lowest BCUT2D eigenvalue weighted by molar-refractivity contribution is -0.211. The standard InChI is InChI=1S/C21H40O5/c1-2-3-4-5-6-7-8-9-10-11-12-13-14-15-25-21-19(16-22)26-17-18(23)20(21)24/h9-10,18-24H,2-8,11-17H2,1H3/b10-9+/t18-,19+,20+,21+/m1/s1. The summed E-state index contributed by atoms with van der Waals surface area (Å²) >= 11 is 0. The Labute approximate surface area is 159 Å². The molecule has 1 aliphatic rings. The first-order valence-electron chi connectivity index (χ1n) is 10.6. The number of unbranched alkanes of at least 4 members (excludes halogenated alkanes) is 9. The Balaban J connectivity index is 1.96. The van der Waals surface area contributed by atoms with Gasteiger partial charge < -0.3 is 24.8 Å². The molecule has 0 unspecified atom stereocenters. The number of hydrogen-bond acceptors (Lipinski definition) is 5. The topological polar surface area (TPSA) is 79.2 Å². The Morgan fingerprint density at radius 3 is 2.19 bits per heavy atom. The highest BCUT2D eigenvalue weighted by atomic mass is 16.6. The second kappa shape index (κ2) is 15.6. The van der Waals surface area contributed by atoms with Gasteiger partial charge in [-0.1, -0.05) is 57.6 Å². The van der Waals surface area contributed by atoms with Gasteiger partial charge in [0.15, 0.2) is 0 Å². The van der Waals surface area contributed by atoms with Crippen LogP contribution in [0.3, 0.4) is 0 Å². The van der Waals surface area contributed by atoms with Crippen molar-refractivity contribution in [1.29, 1.82) is 0 Å². The quantitative estimate of drug-likeness (QED) is 0.303. The largest absolute Gasteiger partial charge is 0.394 e. The van der Waals surface area contributed by atoms with E-state index < -0.39 is 24.4 Å². The van der Waals surface area contributed by atoms with Crippen molar-refractivity contribution >= 4 is 0 Å². The van der Waals surface area contributed by atoms with Crippen LogP contribution in [0.25, 0.3) is 0 Å².